The van der Waals surface area contributed by atoms with E-state index in [9.17, 15) is 19.2 Å². The lowest BCUT2D eigenvalue weighted by Gasteiger charge is -2.06. The van der Waals surface area contributed by atoms with E-state index in [1.807, 2.05) is 0 Å². The average molecular weight is 693 g/mol. The van der Waals surface area contributed by atoms with E-state index in [4.69, 9.17) is 19.7 Å². The normalized spacial score (nSPS) is 10.7. The summed E-state index contributed by atoms with van der Waals surface area (Å²) in [6, 6.07) is 0. The molecule has 0 rings (SSSR count). The van der Waals surface area contributed by atoms with Crippen molar-refractivity contribution >= 4 is 47.4 Å². The fraction of sp³-hybridized carbons (Fsp3) is 0.889. The molecular formula is C36H68O8S2. The molecule has 0 saturated carbocycles. The van der Waals surface area contributed by atoms with Crippen LogP contribution in [0.5, 0.6) is 0 Å². The Balaban J connectivity index is 0. The molecule has 0 aliphatic carbocycles. The van der Waals surface area contributed by atoms with E-state index in [-0.39, 0.29) is 24.8 Å². The van der Waals surface area contributed by atoms with Gasteiger partial charge in [0.2, 0.25) is 0 Å². The van der Waals surface area contributed by atoms with Crippen LogP contribution < -0.4 is 0 Å². The summed E-state index contributed by atoms with van der Waals surface area (Å²) in [6.07, 6.45) is 26.7. The van der Waals surface area contributed by atoms with Crippen LogP contribution in [0.25, 0.3) is 0 Å². The molecule has 0 heterocycles. The first-order valence-corrected chi connectivity index (χ1v) is 20.5. The molecule has 0 aromatic rings. The molecule has 46 heavy (non-hydrogen) atoms. The quantitative estimate of drug-likeness (QED) is 0.0497. The van der Waals surface area contributed by atoms with Gasteiger partial charge in [0, 0.05) is 23.0 Å². The molecule has 0 radical (unpaired) electrons. The molecule has 8 nitrogen and oxygen atoms in total. The van der Waals surface area contributed by atoms with Crippen molar-refractivity contribution in [2.45, 2.75) is 168 Å². The molecule has 0 aromatic heterocycles. The number of rotatable bonds is 34. The topological polar surface area (TPSA) is 127 Å². The first-order chi connectivity index (χ1) is 22.3. The monoisotopic (exact) mass is 692 g/mol. The van der Waals surface area contributed by atoms with Gasteiger partial charge in [-0.15, -0.1) is 0 Å². The Bertz CT molecular complexity index is 649. The number of esters is 2. The Morgan fingerprint density at radius 3 is 0.957 bits per heavy atom. The average Bonchev–Trinajstić information content (AvgIpc) is 3.02. The first kappa shape index (κ1) is 46.7. The zero-order valence-corrected chi connectivity index (χ0v) is 31.0. The van der Waals surface area contributed by atoms with Crippen LogP contribution in [0.4, 0.5) is 0 Å². The minimum absolute atomic E-state index is 0.101. The Labute approximate surface area is 289 Å². The van der Waals surface area contributed by atoms with Crippen molar-refractivity contribution in [1.29, 1.82) is 0 Å². The number of thioether (sulfide) groups is 2. The number of carboxylic acids is 2. The summed E-state index contributed by atoms with van der Waals surface area (Å²) in [5.74, 6) is 0.491. The van der Waals surface area contributed by atoms with Crippen LogP contribution in [0.3, 0.4) is 0 Å². The van der Waals surface area contributed by atoms with Crippen molar-refractivity contribution in [2.75, 3.05) is 36.2 Å². The fourth-order valence-corrected chi connectivity index (χ4v) is 6.20. The smallest absolute Gasteiger partial charge is 0.306 e. The minimum atomic E-state index is -0.840. The second-order valence-corrected chi connectivity index (χ2v) is 14.3. The van der Waals surface area contributed by atoms with E-state index in [1.165, 1.54) is 114 Å². The Kier molecular flexibility index (Phi) is 40.4. The Morgan fingerprint density at radius 2 is 0.674 bits per heavy atom. The second-order valence-electron chi connectivity index (χ2n) is 11.8. The first-order valence-electron chi connectivity index (χ1n) is 18.2. The molecule has 0 atom stereocenters. The van der Waals surface area contributed by atoms with Gasteiger partial charge in [-0.3, -0.25) is 19.2 Å². The van der Waals surface area contributed by atoms with Gasteiger partial charge >= 0.3 is 23.9 Å². The van der Waals surface area contributed by atoms with Crippen LogP contribution in [0.2, 0.25) is 0 Å². The predicted octanol–water partition coefficient (Wildman–Crippen LogP) is 10.1. The third-order valence-electron chi connectivity index (χ3n) is 7.34. The summed E-state index contributed by atoms with van der Waals surface area (Å²) < 4.78 is 10.6. The number of carbonyl (C=O) groups excluding carboxylic acids is 2. The van der Waals surface area contributed by atoms with Gasteiger partial charge in [0.25, 0.3) is 0 Å². The summed E-state index contributed by atoms with van der Waals surface area (Å²) in [7, 11) is 0. The van der Waals surface area contributed by atoms with E-state index in [1.54, 1.807) is 11.8 Å². The van der Waals surface area contributed by atoms with Crippen molar-refractivity contribution in [1.82, 2.24) is 0 Å². The second kappa shape index (κ2) is 39.8. The maximum absolute atomic E-state index is 11.8. The molecule has 10 heteroatoms. The van der Waals surface area contributed by atoms with Gasteiger partial charge in [0.15, 0.2) is 0 Å². The minimum Gasteiger partial charge on any atom is -0.481 e. The van der Waals surface area contributed by atoms with Crippen molar-refractivity contribution in [2.24, 2.45) is 0 Å². The summed E-state index contributed by atoms with van der Waals surface area (Å²) in [5, 5.41) is 16.4. The van der Waals surface area contributed by atoms with E-state index in [0.717, 1.165) is 25.7 Å². The van der Waals surface area contributed by atoms with E-state index >= 15 is 0 Å². The number of hydrogen-bond donors (Lipinski definition) is 2. The van der Waals surface area contributed by atoms with Crippen LogP contribution in [0.15, 0.2) is 0 Å². The van der Waals surface area contributed by atoms with Crippen LogP contribution >= 0.6 is 23.5 Å². The SMILES string of the molecule is CCCCCCCCCCCCOC(=O)CCSCCC(=O)OCCCCCCCCCCCC.O=C(O)CCSCCC(=O)O. The lowest BCUT2D eigenvalue weighted by Crippen LogP contribution is -2.09. The van der Waals surface area contributed by atoms with Crippen LogP contribution in [-0.2, 0) is 28.7 Å². The lowest BCUT2D eigenvalue weighted by molar-refractivity contribution is -0.144. The van der Waals surface area contributed by atoms with E-state index in [0.29, 0.717) is 49.1 Å². The zero-order chi connectivity index (χ0) is 34.4. The molecule has 0 aliphatic heterocycles. The summed E-state index contributed by atoms with van der Waals surface area (Å²) in [6.45, 7) is 5.60. The highest BCUT2D eigenvalue weighted by atomic mass is 32.2. The van der Waals surface area contributed by atoms with E-state index < -0.39 is 11.9 Å². The number of ether oxygens (including phenoxy) is 2. The predicted molar refractivity (Wildman–Crippen MR) is 194 cm³/mol. The van der Waals surface area contributed by atoms with Crippen LogP contribution in [0, 0.1) is 0 Å². The maximum Gasteiger partial charge on any atom is 0.306 e. The van der Waals surface area contributed by atoms with Gasteiger partial charge in [-0.2, -0.15) is 23.5 Å². The van der Waals surface area contributed by atoms with Gasteiger partial charge in [-0.05, 0) is 12.8 Å². The molecule has 0 amide bonds. The molecule has 0 aromatic carbocycles. The molecule has 0 aliphatic rings. The molecular weight excluding hydrogens is 625 g/mol. The lowest BCUT2D eigenvalue weighted by atomic mass is 10.1. The highest BCUT2D eigenvalue weighted by molar-refractivity contribution is 7.99. The van der Waals surface area contributed by atoms with Crippen molar-refractivity contribution in [3.63, 3.8) is 0 Å². The zero-order valence-electron chi connectivity index (χ0n) is 29.4. The van der Waals surface area contributed by atoms with E-state index in [2.05, 4.69) is 13.8 Å². The molecule has 0 bridgehead atoms. The molecule has 0 fully saturated rings. The van der Waals surface area contributed by atoms with Crippen molar-refractivity contribution in [3.05, 3.63) is 0 Å². The fourth-order valence-electron chi connectivity index (χ4n) is 4.53. The van der Waals surface area contributed by atoms with Crippen molar-refractivity contribution < 1.29 is 38.9 Å². The third-order valence-corrected chi connectivity index (χ3v) is 9.31. The van der Waals surface area contributed by atoms with Crippen LogP contribution in [0.1, 0.15) is 168 Å². The van der Waals surface area contributed by atoms with Crippen molar-refractivity contribution in [3.8, 4) is 0 Å². The van der Waals surface area contributed by atoms with Gasteiger partial charge in [0.05, 0.1) is 38.9 Å². The Hall–Kier alpha value is -1.42. The van der Waals surface area contributed by atoms with Gasteiger partial charge in [-0.25, -0.2) is 0 Å². The maximum atomic E-state index is 11.8. The molecule has 0 saturated heterocycles. The van der Waals surface area contributed by atoms with Crippen LogP contribution in [-0.4, -0.2) is 70.3 Å². The summed E-state index contributed by atoms with van der Waals surface area (Å²) in [5.41, 5.74) is 0. The highest BCUT2D eigenvalue weighted by Crippen LogP contribution is 2.12. The van der Waals surface area contributed by atoms with Gasteiger partial charge < -0.3 is 19.7 Å². The van der Waals surface area contributed by atoms with Gasteiger partial charge in [-0.1, -0.05) is 129 Å². The summed E-state index contributed by atoms with van der Waals surface area (Å²) >= 11 is 2.98. The third kappa shape index (κ3) is 44.7. The largest absolute Gasteiger partial charge is 0.481 e. The number of hydrogen-bond acceptors (Lipinski definition) is 8. The molecule has 2 N–H and O–H groups in total. The highest BCUT2D eigenvalue weighted by Gasteiger charge is 2.06. The number of carboxylic acid groups (broad SMARTS) is 2. The number of unbranched alkanes of at least 4 members (excludes halogenated alkanes) is 18. The van der Waals surface area contributed by atoms with Gasteiger partial charge in [0.1, 0.15) is 0 Å². The summed E-state index contributed by atoms with van der Waals surface area (Å²) in [4.78, 5) is 43.5. The molecule has 272 valence electrons. The molecule has 0 unspecified atom stereocenters. The molecule has 0 spiro atoms. The standard InChI is InChI=1S/C30H58O4S.C6H10O4S/c1-3-5-7-9-11-13-15-17-19-21-25-33-29(31)23-27-35-28-24-30(32)34-26-22-20-18-16-14-12-10-8-6-4-2;7-5(8)1-3-11-4-2-6(9)10/h3-28H2,1-2H3;1-4H2,(H,7,8)(H,9,10). The number of carbonyl (C=O) groups is 4. The Morgan fingerprint density at radius 1 is 0.413 bits per heavy atom. The number of aliphatic carboxylic acids is 2.